The molecule has 1 saturated heterocycles. The van der Waals surface area contributed by atoms with E-state index in [9.17, 15) is 4.79 Å². The van der Waals surface area contributed by atoms with E-state index in [0.717, 1.165) is 31.5 Å². The summed E-state index contributed by atoms with van der Waals surface area (Å²) in [6, 6.07) is 1.98. The second-order valence-electron chi connectivity index (χ2n) is 5.81. The number of carbonyl (C=O) groups excluding carboxylic acids is 1. The lowest BCUT2D eigenvalue weighted by Crippen LogP contribution is -2.38. The number of nitrogens with zero attached hydrogens (tertiary/aromatic N) is 1. The zero-order valence-corrected chi connectivity index (χ0v) is 12.7. The fraction of sp³-hybridized carbons (Fsp3) is 0.643. The molecule has 2 rings (SSSR count). The lowest BCUT2D eigenvalue weighted by Gasteiger charge is -2.34. The fourth-order valence-electron chi connectivity index (χ4n) is 3.02. The standard InChI is InChI=1S/C14H23N3OS/c1-9-4-10(2)7-17(6-9)8-12-5-13(14(18)16-15)19-11(12)3/h5,9-10H,4,6-8,15H2,1-3H3,(H,16,18). The monoisotopic (exact) mass is 281 g/mol. The van der Waals surface area contributed by atoms with Gasteiger partial charge in [-0.2, -0.15) is 0 Å². The molecule has 1 aromatic rings. The maximum Gasteiger partial charge on any atom is 0.275 e. The van der Waals surface area contributed by atoms with Gasteiger partial charge in [-0.25, -0.2) is 5.84 Å². The van der Waals surface area contributed by atoms with Crippen molar-refractivity contribution in [2.75, 3.05) is 13.1 Å². The van der Waals surface area contributed by atoms with Crippen molar-refractivity contribution in [1.29, 1.82) is 0 Å². The number of nitrogens with two attached hydrogens (primary N) is 1. The first-order chi connectivity index (χ1) is 8.99. The largest absolute Gasteiger partial charge is 0.299 e. The van der Waals surface area contributed by atoms with Crippen LogP contribution in [0.25, 0.3) is 0 Å². The van der Waals surface area contributed by atoms with Crippen LogP contribution in [0.15, 0.2) is 6.07 Å². The summed E-state index contributed by atoms with van der Waals surface area (Å²) in [5.74, 6) is 6.50. The van der Waals surface area contributed by atoms with E-state index < -0.39 is 0 Å². The van der Waals surface area contributed by atoms with E-state index >= 15 is 0 Å². The number of likely N-dealkylation sites (tertiary alicyclic amines) is 1. The first-order valence-electron chi connectivity index (χ1n) is 6.82. The van der Waals surface area contributed by atoms with Crippen LogP contribution < -0.4 is 11.3 Å². The van der Waals surface area contributed by atoms with Crippen LogP contribution in [0.3, 0.4) is 0 Å². The van der Waals surface area contributed by atoms with Gasteiger partial charge in [-0.05, 0) is 36.8 Å². The van der Waals surface area contributed by atoms with Crippen molar-refractivity contribution >= 4 is 17.2 Å². The van der Waals surface area contributed by atoms with Gasteiger partial charge in [-0.1, -0.05) is 13.8 Å². The van der Waals surface area contributed by atoms with Gasteiger partial charge in [0.05, 0.1) is 4.88 Å². The van der Waals surface area contributed by atoms with E-state index in [1.54, 1.807) is 0 Å². The highest BCUT2D eigenvalue weighted by molar-refractivity contribution is 7.14. The average Bonchev–Trinajstić information content (AvgIpc) is 2.68. The van der Waals surface area contributed by atoms with Gasteiger partial charge in [0.1, 0.15) is 0 Å². The van der Waals surface area contributed by atoms with Gasteiger partial charge in [-0.3, -0.25) is 15.1 Å². The number of hydrazine groups is 1. The molecule has 1 aliphatic heterocycles. The minimum absolute atomic E-state index is 0.195. The summed E-state index contributed by atoms with van der Waals surface area (Å²) < 4.78 is 0. The number of thiophene rings is 1. The molecule has 0 aromatic carbocycles. The van der Waals surface area contributed by atoms with Crippen molar-refractivity contribution in [2.24, 2.45) is 17.7 Å². The summed E-state index contributed by atoms with van der Waals surface area (Å²) in [5.41, 5.74) is 3.45. The van der Waals surface area contributed by atoms with Crippen molar-refractivity contribution in [2.45, 2.75) is 33.7 Å². The van der Waals surface area contributed by atoms with Crippen LogP contribution in [0.1, 0.15) is 40.4 Å². The highest BCUT2D eigenvalue weighted by atomic mass is 32.1. The number of carbonyl (C=O) groups is 1. The second kappa shape index (κ2) is 6.03. The molecule has 2 atom stereocenters. The zero-order chi connectivity index (χ0) is 14.0. The minimum atomic E-state index is -0.195. The minimum Gasteiger partial charge on any atom is -0.299 e. The molecule has 1 aliphatic rings. The third-order valence-electron chi connectivity index (χ3n) is 3.71. The Bertz CT molecular complexity index is 448. The Labute approximate surface area is 118 Å². The average molecular weight is 281 g/mol. The van der Waals surface area contributed by atoms with Gasteiger partial charge in [-0.15, -0.1) is 11.3 Å². The van der Waals surface area contributed by atoms with Gasteiger partial charge < -0.3 is 0 Å². The lowest BCUT2D eigenvalue weighted by atomic mass is 9.91. The van der Waals surface area contributed by atoms with E-state index in [4.69, 9.17) is 5.84 Å². The third kappa shape index (κ3) is 3.55. The number of piperidine rings is 1. The van der Waals surface area contributed by atoms with E-state index in [-0.39, 0.29) is 5.91 Å². The molecule has 0 spiro atoms. The van der Waals surface area contributed by atoms with Crippen LogP contribution >= 0.6 is 11.3 Å². The van der Waals surface area contributed by atoms with Crippen LogP contribution in [-0.4, -0.2) is 23.9 Å². The molecular formula is C14H23N3OS. The maximum absolute atomic E-state index is 11.5. The number of nitrogen functional groups attached to an aromatic ring is 1. The number of hydrogen-bond acceptors (Lipinski definition) is 4. The molecular weight excluding hydrogens is 258 g/mol. The predicted octanol–water partition coefficient (Wildman–Crippen LogP) is 2.14. The molecule has 106 valence electrons. The van der Waals surface area contributed by atoms with Crippen molar-refractivity contribution in [1.82, 2.24) is 10.3 Å². The number of amides is 1. The number of rotatable bonds is 3. The molecule has 5 heteroatoms. The molecule has 1 aromatic heterocycles. The zero-order valence-electron chi connectivity index (χ0n) is 11.9. The van der Waals surface area contributed by atoms with Crippen LogP contribution in [0.5, 0.6) is 0 Å². The predicted molar refractivity (Wildman–Crippen MR) is 78.9 cm³/mol. The smallest absolute Gasteiger partial charge is 0.275 e. The summed E-state index contributed by atoms with van der Waals surface area (Å²) in [5, 5.41) is 0. The Morgan fingerprint density at radius 1 is 1.47 bits per heavy atom. The van der Waals surface area contributed by atoms with E-state index in [1.165, 1.54) is 28.2 Å². The Balaban J connectivity index is 2.06. The molecule has 2 unspecified atom stereocenters. The lowest BCUT2D eigenvalue weighted by molar-refractivity contribution is 0.0957. The molecule has 19 heavy (non-hydrogen) atoms. The van der Waals surface area contributed by atoms with E-state index in [0.29, 0.717) is 4.88 Å². The van der Waals surface area contributed by atoms with Crippen molar-refractivity contribution < 1.29 is 4.79 Å². The number of hydrogen-bond donors (Lipinski definition) is 2. The summed E-state index contributed by atoms with van der Waals surface area (Å²) >= 11 is 1.52. The van der Waals surface area contributed by atoms with Gasteiger partial charge in [0.2, 0.25) is 0 Å². The maximum atomic E-state index is 11.5. The molecule has 3 N–H and O–H groups in total. The SMILES string of the molecule is Cc1sc(C(=O)NN)cc1CN1CC(C)CC(C)C1. The van der Waals surface area contributed by atoms with Gasteiger partial charge >= 0.3 is 0 Å². The van der Waals surface area contributed by atoms with Gasteiger partial charge in [0, 0.05) is 24.5 Å². The molecule has 4 nitrogen and oxygen atoms in total. The molecule has 0 radical (unpaired) electrons. The van der Waals surface area contributed by atoms with E-state index in [2.05, 4.69) is 31.1 Å². The van der Waals surface area contributed by atoms with Crippen LogP contribution in [0.4, 0.5) is 0 Å². The highest BCUT2D eigenvalue weighted by Gasteiger charge is 2.23. The highest BCUT2D eigenvalue weighted by Crippen LogP contribution is 2.26. The molecule has 1 fully saturated rings. The molecule has 0 bridgehead atoms. The van der Waals surface area contributed by atoms with Gasteiger partial charge in [0.25, 0.3) is 5.91 Å². The summed E-state index contributed by atoms with van der Waals surface area (Å²) in [4.78, 5) is 15.9. The summed E-state index contributed by atoms with van der Waals surface area (Å²) in [7, 11) is 0. The van der Waals surface area contributed by atoms with E-state index in [1.807, 2.05) is 6.07 Å². The Morgan fingerprint density at radius 3 is 2.68 bits per heavy atom. The summed E-state index contributed by atoms with van der Waals surface area (Å²) in [6.07, 6.45) is 1.32. The number of aryl methyl sites for hydroxylation is 1. The Kier molecular flexibility index (Phi) is 4.60. The van der Waals surface area contributed by atoms with Crippen LogP contribution in [0.2, 0.25) is 0 Å². The van der Waals surface area contributed by atoms with Gasteiger partial charge in [0.15, 0.2) is 0 Å². The molecule has 0 saturated carbocycles. The first kappa shape index (κ1) is 14.5. The Hall–Kier alpha value is -0.910. The van der Waals surface area contributed by atoms with Crippen molar-refractivity contribution in [3.63, 3.8) is 0 Å². The van der Waals surface area contributed by atoms with Crippen LogP contribution in [-0.2, 0) is 6.54 Å². The molecule has 1 amide bonds. The topological polar surface area (TPSA) is 58.4 Å². The van der Waals surface area contributed by atoms with Crippen LogP contribution in [0, 0.1) is 18.8 Å². The summed E-state index contributed by atoms with van der Waals surface area (Å²) in [6.45, 7) is 9.95. The normalized spacial score (nSPS) is 24.4. The fourth-order valence-corrected chi connectivity index (χ4v) is 3.96. The Morgan fingerprint density at radius 2 is 2.11 bits per heavy atom. The van der Waals surface area contributed by atoms with Crippen molar-refractivity contribution in [3.8, 4) is 0 Å². The molecule has 2 heterocycles. The third-order valence-corrected chi connectivity index (χ3v) is 4.81. The molecule has 0 aliphatic carbocycles. The second-order valence-corrected chi connectivity index (χ2v) is 7.06. The quantitative estimate of drug-likeness (QED) is 0.507. The first-order valence-corrected chi connectivity index (χ1v) is 7.63. The van der Waals surface area contributed by atoms with Crippen molar-refractivity contribution in [3.05, 3.63) is 21.4 Å². The number of nitrogens with one attached hydrogen (secondary N) is 1.